The van der Waals surface area contributed by atoms with Crippen molar-refractivity contribution < 1.29 is 28.7 Å². The minimum Gasteiger partial charge on any atom is -0.492 e. The molecule has 44 heavy (non-hydrogen) atoms. The molecule has 3 atom stereocenters. The molecule has 14 nitrogen and oxygen atoms in total. The van der Waals surface area contributed by atoms with Gasteiger partial charge in [-0.2, -0.15) is 5.26 Å². The number of amides is 4. The Hall–Kier alpha value is -4.71. The number of carbonyl (C=O) groups is 4. The fourth-order valence-electron chi connectivity index (χ4n) is 4.75. The molecule has 0 fully saturated rings. The van der Waals surface area contributed by atoms with Gasteiger partial charge in [0.1, 0.15) is 49.4 Å². The van der Waals surface area contributed by atoms with E-state index in [1.807, 2.05) is 6.07 Å². The first-order valence-electron chi connectivity index (χ1n) is 14.2. The summed E-state index contributed by atoms with van der Waals surface area (Å²) in [4.78, 5) is 54.3. The molecule has 0 saturated heterocycles. The lowest BCUT2D eigenvalue weighted by Gasteiger charge is -2.30. The maximum Gasteiger partial charge on any atom is 0.248 e. The van der Waals surface area contributed by atoms with Crippen LogP contribution in [0, 0.1) is 11.3 Å². The summed E-state index contributed by atoms with van der Waals surface area (Å²) >= 11 is 0. The summed E-state index contributed by atoms with van der Waals surface area (Å²) < 4.78 is 12.0. The summed E-state index contributed by atoms with van der Waals surface area (Å²) in [5.74, 6) is -1.25. The van der Waals surface area contributed by atoms with Crippen molar-refractivity contribution in [3.8, 4) is 28.7 Å². The van der Waals surface area contributed by atoms with E-state index in [0.29, 0.717) is 33.8 Å². The number of fused-ring (bicyclic) bond motifs is 5. The van der Waals surface area contributed by atoms with Crippen molar-refractivity contribution in [1.82, 2.24) is 26.2 Å². The standard InChI is InChI=1S/C30H40N8O6/c1-18-28(40)37-23(29(41)35-11-8-31)15-19-4-6-24(43-12-9-32)21(14-19)22-16-20(5-7-25(22)44-13-10-33)27(30(42)36-18)38(3)26(39)17-34-2/h4-7,14,16,18,23,27,34H,9-13,15,17,32-33H2,1-3H3,(H,35,41)(H,36,42)(H,37,40)/t18-,23-,27-/m0/s1. The van der Waals surface area contributed by atoms with Crippen LogP contribution in [-0.2, 0) is 25.6 Å². The number of nitrogens with zero attached hydrogens (tertiary/aromatic N) is 2. The largest absolute Gasteiger partial charge is 0.492 e. The number of nitrogens with one attached hydrogen (secondary N) is 4. The van der Waals surface area contributed by atoms with Crippen LogP contribution in [-0.4, -0.2) is 94.1 Å². The van der Waals surface area contributed by atoms with E-state index in [1.54, 1.807) is 43.4 Å². The Labute approximate surface area is 256 Å². The van der Waals surface area contributed by atoms with Crippen LogP contribution in [0.2, 0.25) is 0 Å². The van der Waals surface area contributed by atoms with Gasteiger partial charge in [-0.05, 0) is 49.4 Å². The van der Waals surface area contributed by atoms with Crippen molar-refractivity contribution in [2.24, 2.45) is 11.5 Å². The molecular weight excluding hydrogens is 568 g/mol. The van der Waals surface area contributed by atoms with Crippen molar-refractivity contribution in [3.63, 3.8) is 0 Å². The first kappa shape index (κ1) is 33.8. The molecule has 4 amide bonds. The van der Waals surface area contributed by atoms with Crippen LogP contribution in [0.25, 0.3) is 11.1 Å². The van der Waals surface area contributed by atoms with Gasteiger partial charge in [-0.1, -0.05) is 12.1 Å². The van der Waals surface area contributed by atoms with E-state index in [-0.39, 0.29) is 51.7 Å². The van der Waals surface area contributed by atoms with Gasteiger partial charge in [-0.15, -0.1) is 0 Å². The minimum atomic E-state index is -1.14. The highest BCUT2D eigenvalue weighted by Crippen LogP contribution is 2.40. The number of rotatable bonds is 11. The van der Waals surface area contributed by atoms with Gasteiger partial charge < -0.3 is 47.1 Å². The number of ether oxygens (including phenoxy) is 2. The highest BCUT2D eigenvalue weighted by Gasteiger charge is 2.33. The van der Waals surface area contributed by atoms with Crippen molar-refractivity contribution >= 4 is 23.6 Å². The number of likely N-dealkylation sites (N-methyl/N-ethyl adjacent to an activating group) is 2. The lowest BCUT2D eigenvalue weighted by molar-refractivity contribution is -0.139. The lowest BCUT2D eigenvalue weighted by Crippen LogP contribution is -2.55. The van der Waals surface area contributed by atoms with E-state index in [2.05, 4.69) is 21.3 Å². The van der Waals surface area contributed by atoms with Gasteiger partial charge in [-0.3, -0.25) is 19.2 Å². The Kier molecular flexibility index (Phi) is 12.5. The summed E-state index contributed by atoms with van der Waals surface area (Å²) in [6.07, 6.45) is 0.0659. The Morgan fingerprint density at radius 1 is 1.02 bits per heavy atom. The molecule has 0 spiro atoms. The fourth-order valence-corrected chi connectivity index (χ4v) is 4.75. The Balaban J connectivity index is 2.30. The molecule has 1 aliphatic heterocycles. The number of hydrogen-bond donors (Lipinski definition) is 6. The zero-order valence-electron chi connectivity index (χ0n) is 25.1. The van der Waals surface area contributed by atoms with Gasteiger partial charge in [0, 0.05) is 37.7 Å². The molecule has 236 valence electrons. The summed E-state index contributed by atoms with van der Waals surface area (Å²) in [6.45, 7) is 2.12. The highest BCUT2D eigenvalue weighted by atomic mass is 16.5. The monoisotopic (exact) mass is 608 g/mol. The smallest absolute Gasteiger partial charge is 0.248 e. The van der Waals surface area contributed by atoms with Crippen LogP contribution in [0.4, 0.5) is 0 Å². The molecule has 2 aromatic carbocycles. The maximum atomic E-state index is 13.8. The van der Waals surface area contributed by atoms with Crippen molar-refractivity contribution in [2.75, 3.05) is 53.5 Å². The van der Waals surface area contributed by atoms with Gasteiger partial charge in [0.15, 0.2) is 0 Å². The Bertz CT molecular complexity index is 1390. The number of hydrogen-bond acceptors (Lipinski definition) is 10. The summed E-state index contributed by atoms with van der Waals surface area (Å²) in [6, 6.07) is 8.98. The number of nitrogens with two attached hydrogens (primary N) is 2. The predicted molar refractivity (Wildman–Crippen MR) is 162 cm³/mol. The summed E-state index contributed by atoms with van der Waals surface area (Å²) in [5, 5.41) is 19.6. The van der Waals surface area contributed by atoms with Crippen molar-refractivity contribution in [2.45, 2.75) is 31.5 Å². The van der Waals surface area contributed by atoms with E-state index in [1.165, 1.54) is 18.9 Å². The number of benzene rings is 2. The van der Waals surface area contributed by atoms with Crippen molar-refractivity contribution in [3.05, 3.63) is 47.5 Å². The molecule has 14 heteroatoms. The number of nitriles is 1. The minimum absolute atomic E-state index is 0.0283. The molecule has 0 saturated carbocycles. The van der Waals surface area contributed by atoms with Gasteiger partial charge in [0.25, 0.3) is 0 Å². The van der Waals surface area contributed by atoms with E-state index in [9.17, 15) is 19.2 Å². The van der Waals surface area contributed by atoms with E-state index >= 15 is 0 Å². The second kappa shape index (κ2) is 16.2. The molecule has 0 radical (unpaired) electrons. The quantitative estimate of drug-likeness (QED) is 0.170. The van der Waals surface area contributed by atoms with Gasteiger partial charge in [0.05, 0.1) is 12.6 Å². The molecule has 1 aliphatic rings. The van der Waals surface area contributed by atoms with Gasteiger partial charge >= 0.3 is 0 Å². The molecule has 1 heterocycles. The first-order chi connectivity index (χ1) is 21.1. The van der Waals surface area contributed by atoms with E-state index < -0.39 is 35.8 Å². The van der Waals surface area contributed by atoms with Crippen LogP contribution in [0.15, 0.2) is 36.4 Å². The Morgan fingerprint density at radius 3 is 2.27 bits per heavy atom. The molecule has 8 N–H and O–H groups in total. The molecule has 2 aromatic rings. The Morgan fingerprint density at radius 2 is 1.66 bits per heavy atom. The molecule has 4 bridgehead atoms. The molecule has 0 aliphatic carbocycles. The molecule has 0 unspecified atom stereocenters. The predicted octanol–water partition coefficient (Wildman–Crippen LogP) is -1.07. The average molecular weight is 609 g/mol. The normalized spacial score (nSPS) is 18.1. The average Bonchev–Trinajstić information content (AvgIpc) is 3.01. The van der Waals surface area contributed by atoms with E-state index in [4.69, 9.17) is 26.2 Å². The zero-order chi connectivity index (χ0) is 32.2. The third kappa shape index (κ3) is 8.44. The first-order valence-corrected chi connectivity index (χ1v) is 14.2. The fraction of sp³-hybridized carbons (Fsp3) is 0.433. The second-order valence-corrected chi connectivity index (χ2v) is 10.2. The third-order valence-corrected chi connectivity index (χ3v) is 6.93. The van der Waals surface area contributed by atoms with Crippen LogP contribution in [0.3, 0.4) is 0 Å². The third-order valence-electron chi connectivity index (χ3n) is 6.93. The van der Waals surface area contributed by atoms with Gasteiger partial charge in [-0.25, -0.2) is 0 Å². The van der Waals surface area contributed by atoms with E-state index in [0.717, 1.165) is 0 Å². The van der Waals surface area contributed by atoms with Gasteiger partial charge in [0.2, 0.25) is 23.6 Å². The molecule has 3 rings (SSSR count). The van der Waals surface area contributed by atoms with Crippen LogP contribution in [0.5, 0.6) is 11.5 Å². The topological polar surface area (TPSA) is 214 Å². The van der Waals surface area contributed by atoms with Crippen LogP contribution in [0.1, 0.15) is 24.1 Å². The molecular formula is C30H40N8O6. The van der Waals surface area contributed by atoms with Crippen molar-refractivity contribution in [1.29, 1.82) is 5.26 Å². The molecule has 0 aromatic heterocycles. The van der Waals surface area contributed by atoms with Crippen LogP contribution >= 0.6 is 0 Å². The maximum absolute atomic E-state index is 13.8. The zero-order valence-corrected chi connectivity index (χ0v) is 25.1. The SMILES string of the molecule is CNCC(=O)N(C)[C@@H]1C(=O)N[C@@H](C)C(=O)N[C@H](C(=O)NCC#N)Cc2ccc(OCCN)c(c2)-c2cc1ccc2OCCN. The number of carbonyl (C=O) groups excluding carboxylic acids is 4. The lowest BCUT2D eigenvalue weighted by atomic mass is 9.93. The summed E-state index contributed by atoms with van der Waals surface area (Å²) in [5.41, 5.74) is 13.7. The second-order valence-electron chi connectivity index (χ2n) is 10.2. The highest BCUT2D eigenvalue weighted by molar-refractivity contribution is 5.95. The summed E-state index contributed by atoms with van der Waals surface area (Å²) in [7, 11) is 3.12. The van der Waals surface area contributed by atoms with Crippen LogP contribution < -0.4 is 42.2 Å².